The van der Waals surface area contributed by atoms with Gasteiger partial charge in [0.05, 0.1) is 27.7 Å². The van der Waals surface area contributed by atoms with Crippen LogP contribution in [-0.4, -0.2) is 70.0 Å². The molecule has 0 aromatic carbocycles. The summed E-state index contributed by atoms with van der Waals surface area (Å²) in [7, 11) is 1.15. The van der Waals surface area contributed by atoms with E-state index < -0.39 is 26.5 Å². The number of quaternary nitrogens is 1. The van der Waals surface area contributed by atoms with Gasteiger partial charge in [0.1, 0.15) is 19.8 Å². The molecule has 0 amide bonds. The lowest BCUT2D eigenvalue weighted by molar-refractivity contribution is -0.870. The summed E-state index contributed by atoms with van der Waals surface area (Å²) in [5.41, 5.74) is 0. The van der Waals surface area contributed by atoms with E-state index in [0.29, 0.717) is 17.4 Å². The zero-order valence-electron chi connectivity index (χ0n) is 35.7. The zero-order valence-corrected chi connectivity index (χ0v) is 36.6. The highest BCUT2D eigenvalue weighted by molar-refractivity contribution is 7.45. The molecule has 2 unspecified atom stereocenters. The van der Waals surface area contributed by atoms with Gasteiger partial charge in [-0.15, -0.1) is 0 Å². The van der Waals surface area contributed by atoms with Gasteiger partial charge in [-0.3, -0.25) is 14.2 Å². The summed E-state index contributed by atoms with van der Waals surface area (Å²) >= 11 is 0. The number of phosphoric acid groups is 1. The number of phosphoric ester groups is 1. The Hall–Kier alpha value is -1.51. The van der Waals surface area contributed by atoms with Gasteiger partial charge < -0.3 is 27.9 Å². The molecule has 0 aromatic heterocycles. The molecule has 0 N–H and O–H groups in total. The Morgan fingerprint density at radius 1 is 0.574 bits per heavy atom. The molecule has 54 heavy (non-hydrogen) atoms. The lowest BCUT2D eigenvalue weighted by Gasteiger charge is -2.28. The normalized spacial score (nSPS) is 13.8. The molecule has 0 aliphatic heterocycles. The van der Waals surface area contributed by atoms with E-state index in [9.17, 15) is 19.0 Å². The van der Waals surface area contributed by atoms with E-state index in [4.69, 9.17) is 18.5 Å². The van der Waals surface area contributed by atoms with Crippen LogP contribution in [0.1, 0.15) is 194 Å². The van der Waals surface area contributed by atoms with Crippen molar-refractivity contribution in [2.45, 2.75) is 200 Å². The highest BCUT2D eigenvalue weighted by Crippen LogP contribution is 2.38. The molecule has 2 atom stereocenters. The molecule has 0 saturated heterocycles. The van der Waals surface area contributed by atoms with Crippen LogP contribution in [0.15, 0.2) is 24.3 Å². The molecule has 0 heterocycles. The van der Waals surface area contributed by atoms with Gasteiger partial charge in [0, 0.05) is 12.8 Å². The lowest BCUT2D eigenvalue weighted by atomic mass is 10.0. The molecular formula is C44H84NO8P. The van der Waals surface area contributed by atoms with Crippen LogP contribution in [-0.2, 0) is 32.7 Å². The van der Waals surface area contributed by atoms with E-state index in [0.717, 1.165) is 44.9 Å². The fourth-order valence-corrected chi connectivity index (χ4v) is 6.71. The second-order valence-electron chi connectivity index (χ2n) is 16.1. The third kappa shape index (κ3) is 40.2. The number of unbranched alkanes of at least 4 members (excludes halogenated alkanes) is 22. The fraction of sp³-hybridized carbons (Fsp3) is 0.864. The summed E-state index contributed by atoms with van der Waals surface area (Å²) in [4.78, 5) is 37.5. The van der Waals surface area contributed by atoms with Crippen molar-refractivity contribution in [2.24, 2.45) is 0 Å². The molecule has 0 rings (SSSR count). The first-order valence-electron chi connectivity index (χ1n) is 22.0. The molecule has 0 radical (unpaired) electrons. The van der Waals surface area contributed by atoms with E-state index in [1.807, 2.05) is 21.1 Å². The zero-order chi connectivity index (χ0) is 40.0. The van der Waals surface area contributed by atoms with Crippen molar-refractivity contribution in [3.8, 4) is 0 Å². The summed E-state index contributed by atoms with van der Waals surface area (Å²) < 4.78 is 33.8. The molecular weight excluding hydrogens is 701 g/mol. The van der Waals surface area contributed by atoms with E-state index >= 15 is 0 Å². The van der Waals surface area contributed by atoms with Crippen LogP contribution in [0.4, 0.5) is 0 Å². The molecule has 318 valence electrons. The van der Waals surface area contributed by atoms with Gasteiger partial charge in [0.15, 0.2) is 6.10 Å². The SMILES string of the molecule is CCCCCCCC/C=C\C/C=C\CCCCC(=O)OC(COC(=O)CCCCCCCCCCCCCCCCC)COP(=O)([O-])OCC[N+](C)(C)C. The van der Waals surface area contributed by atoms with Crippen molar-refractivity contribution in [3.05, 3.63) is 24.3 Å². The first kappa shape index (κ1) is 52.5. The van der Waals surface area contributed by atoms with Gasteiger partial charge in [-0.1, -0.05) is 160 Å². The number of hydrogen-bond acceptors (Lipinski definition) is 8. The van der Waals surface area contributed by atoms with Crippen LogP contribution in [0, 0.1) is 0 Å². The second kappa shape index (κ2) is 37.1. The molecule has 0 bridgehead atoms. The Kier molecular flexibility index (Phi) is 36.1. The van der Waals surface area contributed by atoms with Crippen LogP contribution in [0.2, 0.25) is 0 Å². The van der Waals surface area contributed by atoms with Crippen molar-refractivity contribution < 1.29 is 42.1 Å². The Balaban J connectivity index is 4.40. The summed E-state index contributed by atoms with van der Waals surface area (Å²) in [6, 6.07) is 0. The second-order valence-corrected chi connectivity index (χ2v) is 17.5. The average molecular weight is 786 g/mol. The predicted molar refractivity (Wildman–Crippen MR) is 222 cm³/mol. The van der Waals surface area contributed by atoms with E-state index in [1.54, 1.807) is 0 Å². The minimum Gasteiger partial charge on any atom is -0.756 e. The molecule has 0 spiro atoms. The van der Waals surface area contributed by atoms with Gasteiger partial charge in [0.25, 0.3) is 7.82 Å². The monoisotopic (exact) mass is 786 g/mol. The van der Waals surface area contributed by atoms with Crippen molar-refractivity contribution in [1.82, 2.24) is 0 Å². The number of ether oxygens (including phenoxy) is 2. The quantitative estimate of drug-likeness (QED) is 0.0198. The first-order valence-corrected chi connectivity index (χ1v) is 23.5. The third-order valence-electron chi connectivity index (χ3n) is 9.47. The lowest BCUT2D eigenvalue weighted by Crippen LogP contribution is -2.37. The fourth-order valence-electron chi connectivity index (χ4n) is 5.98. The number of nitrogens with zero attached hydrogens (tertiary/aromatic N) is 1. The van der Waals surface area contributed by atoms with Crippen molar-refractivity contribution in [2.75, 3.05) is 47.5 Å². The maximum atomic E-state index is 12.6. The number of esters is 2. The number of carbonyl (C=O) groups is 2. The van der Waals surface area contributed by atoms with Gasteiger partial charge in [-0.2, -0.15) is 0 Å². The van der Waals surface area contributed by atoms with Crippen molar-refractivity contribution >= 4 is 19.8 Å². The Labute approximate surface area is 332 Å². The molecule has 0 fully saturated rings. The van der Waals surface area contributed by atoms with Crippen LogP contribution >= 0.6 is 7.82 Å². The summed E-state index contributed by atoms with van der Waals surface area (Å²) in [6.07, 6.45) is 39.2. The van der Waals surface area contributed by atoms with Gasteiger partial charge >= 0.3 is 11.9 Å². The molecule has 9 nitrogen and oxygen atoms in total. The maximum Gasteiger partial charge on any atom is 0.306 e. The maximum absolute atomic E-state index is 12.6. The van der Waals surface area contributed by atoms with Gasteiger partial charge in [0.2, 0.25) is 0 Å². The minimum absolute atomic E-state index is 0.0348. The summed E-state index contributed by atoms with van der Waals surface area (Å²) in [5, 5.41) is 0. The van der Waals surface area contributed by atoms with Gasteiger partial charge in [-0.25, -0.2) is 0 Å². The number of allylic oxidation sites excluding steroid dienone is 4. The topological polar surface area (TPSA) is 111 Å². The van der Waals surface area contributed by atoms with Gasteiger partial charge in [-0.05, 0) is 44.9 Å². The Morgan fingerprint density at radius 2 is 1.00 bits per heavy atom. The average Bonchev–Trinajstić information content (AvgIpc) is 3.12. The number of likely N-dealkylation sites (N-methyl/N-ethyl adjacent to an activating group) is 1. The van der Waals surface area contributed by atoms with Crippen molar-refractivity contribution in [1.29, 1.82) is 0 Å². The molecule has 10 heteroatoms. The summed E-state index contributed by atoms with van der Waals surface area (Å²) in [5.74, 6) is -0.866. The standard InChI is InChI=1S/C44H84NO8P/c1-6-8-10-12-14-16-18-20-22-24-26-28-30-32-34-36-43(46)50-40-42(41-52-54(48,49)51-39-38-45(3,4)5)53-44(47)37-35-33-31-29-27-25-23-21-19-17-15-13-11-9-7-2/h21,23,27,29,42H,6-20,22,24-26,28,30-41H2,1-5H3/b23-21-,29-27-. The molecule has 0 saturated carbocycles. The van der Waals surface area contributed by atoms with Crippen LogP contribution in [0.25, 0.3) is 0 Å². The molecule has 0 aliphatic carbocycles. The minimum atomic E-state index is -4.63. The molecule has 0 aliphatic rings. The highest BCUT2D eigenvalue weighted by Gasteiger charge is 2.21. The first-order chi connectivity index (χ1) is 26.0. The smallest absolute Gasteiger partial charge is 0.306 e. The van der Waals surface area contributed by atoms with Crippen molar-refractivity contribution in [3.63, 3.8) is 0 Å². The largest absolute Gasteiger partial charge is 0.756 e. The number of rotatable bonds is 40. The van der Waals surface area contributed by atoms with Crippen LogP contribution in [0.3, 0.4) is 0 Å². The Bertz CT molecular complexity index is 980. The molecule has 0 aromatic rings. The van der Waals surface area contributed by atoms with Crippen LogP contribution in [0.5, 0.6) is 0 Å². The number of carbonyl (C=O) groups excluding carboxylic acids is 2. The van der Waals surface area contributed by atoms with E-state index in [1.165, 1.54) is 116 Å². The summed E-state index contributed by atoms with van der Waals surface area (Å²) in [6.45, 7) is 4.19. The third-order valence-corrected chi connectivity index (χ3v) is 10.4. The predicted octanol–water partition coefficient (Wildman–Crippen LogP) is 11.7. The van der Waals surface area contributed by atoms with E-state index in [2.05, 4.69) is 38.2 Å². The number of hydrogen-bond donors (Lipinski definition) is 0. The van der Waals surface area contributed by atoms with Crippen LogP contribution < -0.4 is 4.89 Å². The van der Waals surface area contributed by atoms with E-state index in [-0.39, 0.29) is 32.0 Å². The Morgan fingerprint density at radius 3 is 1.50 bits per heavy atom. The highest BCUT2D eigenvalue weighted by atomic mass is 31.2.